The lowest BCUT2D eigenvalue weighted by Crippen LogP contribution is -2.24. The van der Waals surface area contributed by atoms with Gasteiger partial charge in [0.15, 0.2) is 11.4 Å². The van der Waals surface area contributed by atoms with E-state index in [9.17, 15) is 9.59 Å². The Labute approximate surface area is 168 Å². The number of aromatic nitrogens is 2. The first-order valence-corrected chi connectivity index (χ1v) is 9.24. The minimum absolute atomic E-state index is 0.0365. The number of rotatable bonds is 8. The number of carboxylic acids is 1. The summed E-state index contributed by atoms with van der Waals surface area (Å²) in [6.45, 7) is 6.07. The molecule has 1 amide bonds. The molecule has 2 heterocycles. The maximum Gasteiger partial charge on any atom is 0.339 e. The van der Waals surface area contributed by atoms with Crippen LogP contribution in [0.5, 0.6) is 5.75 Å². The molecule has 0 atom stereocenters. The molecule has 0 unspecified atom stereocenters. The van der Waals surface area contributed by atoms with Gasteiger partial charge in [-0.25, -0.2) is 9.48 Å². The summed E-state index contributed by atoms with van der Waals surface area (Å²) in [5.41, 5.74) is 1.02. The fraction of sp³-hybridized carbons (Fsp3) is 0.286. The SMILES string of the molecule is Cc1oc(CNC(=O)c2nn(-c3ccccc3)cc2OCC(C)C)cc1C(=O)O. The molecule has 0 bridgehead atoms. The predicted octanol–water partition coefficient (Wildman–Crippen LogP) is 3.44. The number of furan rings is 1. The highest BCUT2D eigenvalue weighted by molar-refractivity contribution is 5.95. The van der Waals surface area contributed by atoms with Crippen LogP contribution in [-0.4, -0.2) is 33.4 Å². The minimum Gasteiger partial charge on any atom is -0.489 e. The van der Waals surface area contributed by atoms with Crippen molar-refractivity contribution in [2.75, 3.05) is 6.61 Å². The number of amides is 1. The highest BCUT2D eigenvalue weighted by Gasteiger charge is 2.20. The number of nitrogens with zero attached hydrogens (tertiary/aromatic N) is 2. The Balaban J connectivity index is 1.79. The summed E-state index contributed by atoms with van der Waals surface area (Å²) < 4.78 is 12.8. The molecule has 0 saturated carbocycles. The second kappa shape index (κ2) is 8.64. The van der Waals surface area contributed by atoms with Gasteiger partial charge in [0.2, 0.25) is 0 Å². The van der Waals surface area contributed by atoms with Crippen molar-refractivity contribution < 1.29 is 23.8 Å². The standard InChI is InChI=1S/C21H23N3O5/c1-13(2)12-28-18-11-24(15-7-5-4-6-8-15)23-19(18)20(25)22-10-16-9-17(21(26)27)14(3)29-16/h4-9,11,13H,10,12H2,1-3H3,(H,22,25)(H,26,27). The largest absolute Gasteiger partial charge is 0.489 e. The predicted molar refractivity (Wildman–Crippen MR) is 105 cm³/mol. The molecule has 8 nitrogen and oxygen atoms in total. The Kier molecular flexibility index (Phi) is 6.01. The molecule has 3 aromatic rings. The number of aromatic carboxylic acids is 1. The zero-order chi connectivity index (χ0) is 21.0. The van der Waals surface area contributed by atoms with Crippen LogP contribution in [0.4, 0.5) is 0 Å². The van der Waals surface area contributed by atoms with Crippen LogP contribution < -0.4 is 10.1 Å². The van der Waals surface area contributed by atoms with Gasteiger partial charge in [-0.3, -0.25) is 4.79 Å². The average molecular weight is 397 g/mol. The number of para-hydroxylation sites is 1. The molecule has 3 rings (SSSR count). The minimum atomic E-state index is -1.07. The summed E-state index contributed by atoms with van der Waals surface area (Å²) in [4.78, 5) is 23.9. The van der Waals surface area contributed by atoms with Crippen LogP contribution in [0, 0.1) is 12.8 Å². The van der Waals surface area contributed by atoms with Crippen LogP contribution >= 0.6 is 0 Å². The van der Waals surface area contributed by atoms with Crippen LogP contribution in [0.2, 0.25) is 0 Å². The van der Waals surface area contributed by atoms with Crippen LogP contribution in [0.1, 0.15) is 46.2 Å². The van der Waals surface area contributed by atoms with Crippen molar-refractivity contribution in [3.05, 3.63) is 65.4 Å². The van der Waals surface area contributed by atoms with Crippen molar-refractivity contribution in [3.8, 4) is 11.4 Å². The molecule has 1 aromatic carbocycles. The number of aryl methyl sites for hydroxylation is 1. The van der Waals surface area contributed by atoms with Crippen molar-refractivity contribution in [2.24, 2.45) is 5.92 Å². The van der Waals surface area contributed by atoms with E-state index in [1.807, 2.05) is 44.2 Å². The van der Waals surface area contributed by atoms with E-state index in [4.69, 9.17) is 14.3 Å². The van der Waals surface area contributed by atoms with Gasteiger partial charge in [0.05, 0.1) is 25.0 Å². The van der Waals surface area contributed by atoms with Gasteiger partial charge in [0.1, 0.15) is 17.1 Å². The van der Waals surface area contributed by atoms with Gasteiger partial charge in [0, 0.05) is 0 Å². The quantitative estimate of drug-likeness (QED) is 0.603. The molecule has 29 heavy (non-hydrogen) atoms. The Morgan fingerprint density at radius 1 is 1.28 bits per heavy atom. The van der Waals surface area contributed by atoms with Crippen molar-refractivity contribution in [2.45, 2.75) is 27.3 Å². The average Bonchev–Trinajstić information content (AvgIpc) is 3.29. The van der Waals surface area contributed by atoms with Crippen LogP contribution in [0.3, 0.4) is 0 Å². The first kappa shape index (κ1) is 20.2. The number of hydrogen-bond donors (Lipinski definition) is 2. The summed E-state index contributed by atoms with van der Waals surface area (Å²) in [5.74, 6) is -0.218. The summed E-state index contributed by atoms with van der Waals surface area (Å²) in [7, 11) is 0. The number of hydrogen-bond acceptors (Lipinski definition) is 5. The molecule has 2 N–H and O–H groups in total. The molecule has 0 aliphatic carbocycles. The van der Waals surface area contributed by atoms with E-state index < -0.39 is 11.9 Å². The van der Waals surface area contributed by atoms with Crippen molar-refractivity contribution >= 4 is 11.9 Å². The molecule has 0 spiro atoms. The van der Waals surface area contributed by atoms with Crippen molar-refractivity contribution in [3.63, 3.8) is 0 Å². The molecular weight excluding hydrogens is 374 g/mol. The van der Waals surface area contributed by atoms with Gasteiger partial charge in [-0.1, -0.05) is 32.0 Å². The van der Waals surface area contributed by atoms with E-state index in [2.05, 4.69) is 10.4 Å². The van der Waals surface area contributed by atoms with Crippen LogP contribution in [0.25, 0.3) is 5.69 Å². The van der Waals surface area contributed by atoms with Gasteiger partial charge in [0.25, 0.3) is 5.91 Å². The number of carbonyl (C=O) groups excluding carboxylic acids is 1. The number of carboxylic acid groups (broad SMARTS) is 1. The molecule has 152 valence electrons. The summed E-state index contributed by atoms with van der Waals surface area (Å²) in [6.07, 6.45) is 1.67. The zero-order valence-electron chi connectivity index (χ0n) is 16.5. The summed E-state index contributed by atoms with van der Waals surface area (Å²) in [6, 6.07) is 10.8. The highest BCUT2D eigenvalue weighted by Crippen LogP contribution is 2.21. The first-order chi connectivity index (χ1) is 13.8. The zero-order valence-corrected chi connectivity index (χ0v) is 16.5. The third-order valence-electron chi connectivity index (χ3n) is 4.11. The monoisotopic (exact) mass is 397 g/mol. The fourth-order valence-corrected chi connectivity index (χ4v) is 2.68. The smallest absolute Gasteiger partial charge is 0.339 e. The summed E-state index contributed by atoms with van der Waals surface area (Å²) >= 11 is 0. The first-order valence-electron chi connectivity index (χ1n) is 9.24. The second-order valence-corrected chi connectivity index (χ2v) is 7.00. The van der Waals surface area contributed by atoms with Gasteiger partial charge in [-0.15, -0.1) is 0 Å². The maximum atomic E-state index is 12.7. The van der Waals surface area contributed by atoms with E-state index in [1.165, 1.54) is 6.07 Å². The Bertz CT molecular complexity index is 1000. The lowest BCUT2D eigenvalue weighted by molar-refractivity contribution is 0.0694. The van der Waals surface area contributed by atoms with Crippen molar-refractivity contribution in [1.29, 1.82) is 0 Å². The maximum absolute atomic E-state index is 12.7. The number of ether oxygens (including phenoxy) is 1. The fourth-order valence-electron chi connectivity index (χ4n) is 2.68. The summed E-state index contributed by atoms with van der Waals surface area (Å²) in [5, 5.41) is 16.2. The van der Waals surface area contributed by atoms with E-state index in [1.54, 1.807) is 17.8 Å². The van der Waals surface area contributed by atoms with E-state index in [-0.39, 0.29) is 29.5 Å². The molecule has 0 radical (unpaired) electrons. The van der Waals surface area contributed by atoms with E-state index in [0.29, 0.717) is 18.1 Å². The number of benzene rings is 1. The van der Waals surface area contributed by atoms with Crippen molar-refractivity contribution in [1.82, 2.24) is 15.1 Å². The molecule has 0 fully saturated rings. The Morgan fingerprint density at radius 3 is 2.62 bits per heavy atom. The molecule has 0 aliphatic rings. The van der Waals surface area contributed by atoms with Crippen LogP contribution in [0.15, 0.2) is 47.0 Å². The third kappa shape index (κ3) is 4.84. The molecule has 2 aromatic heterocycles. The van der Waals surface area contributed by atoms with Gasteiger partial charge < -0.3 is 19.6 Å². The Hall–Kier alpha value is -3.55. The number of nitrogens with one attached hydrogen (secondary N) is 1. The van der Waals surface area contributed by atoms with E-state index >= 15 is 0 Å². The molecule has 0 saturated heterocycles. The van der Waals surface area contributed by atoms with Gasteiger partial charge >= 0.3 is 5.97 Å². The highest BCUT2D eigenvalue weighted by atomic mass is 16.5. The molecular formula is C21H23N3O5. The normalized spacial score (nSPS) is 10.9. The topological polar surface area (TPSA) is 107 Å². The van der Waals surface area contributed by atoms with Crippen LogP contribution in [-0.2, 0) is 6.54 Å². The third-order valence-corrected chi connectivity index (χ3v) is 4.11. The second-order valence-electron chi connectivity index (χ2n) is 7.00. The van der Waals surface area contributed by atoms with E-state index in [0.717, 1.165) is 5.69 Å². The molecule has 8 heteroatoms. The van der Waals surface area contributed by atoms with Gasteiger partial charge in [-0.2, -0.15) is 5.10 Å². The Morgan fingerprint density at radius 2 is 2.00 bits per heavy atom. The number of carbonyl (C=O) groups is 2. The lowest BCUT2D eigenvalue weighted by atomic mass is 10.2. The van der Waals surface area contributed by atoms with Gasteiger partial charge in [-0.05, 0) is 31.0 Å². The lowest BCUT2D eigenvalue weighted by Gasteiger charge is -2.08. The molecule has 0 aliphatic heterocycles.